The third-order valence-corrected chi connectivity index (χ3v) is 6.41. The molecule has 2 amide bonds. The SMILES string of the molecule is COc1cc(OC)c(C2=NO[C@@H](C(=O)Nc3c(C)nn(CC(=O)N4CCCC4)c3C)C2)cc1Cl. The van der Waals surface area contributed by atoms with E-state index in [9.17, 15) is 9.59 Å². The molecule has 1 atom stereocenters. The first-order valence-corrected chi connectivity index (χ1v) is 11.5. The predicted octanol–water partition coefficient (Wildman–Crippen LogP) is 2.92. The fourth-order valence-corrected chi connectivity index (χ4v) is 4.43. The first-order valence-electron chi connectivity index (χ1n) is 11.1. The van der Waals surface area contributed by atoms with Crippen LogP contribution in [0, 0.1) is 13.8 Å². The number of carbonyl (C=O) groups excluding carboxylic acids is 2. The molecule has 0 bridgehead atoms. The van der Waals surface area contributed by atoms with Crippen LogP contribution in [-0.4, -0.2) is 65.6 Å². The smallest absolute Gasteiger partial charge is 0.268 e. The van der Waals surface area contributed by atoms with Gasteiger partial charge in [0, 0.05) is 31.1 Å². The van der Waals surface area contributed by atoms with Crippen molar-refractivity contribution in [3.63, 3.8) is 0 Å². The number of ether oxygens (including phenoxy) is 2. The lowest BCUT2D eigenvalue weighted by molar-refractivity contribution is -0.131. The summed E-state index contributed by atoms with van der Waals surface area (Å²) in [7, 11) is 3.05. The Labute approximate surface area is 202 Å². The van der Waals surface area contributed by atoms with Crippen molar-refractivity contribution < 1.29 is 23.9 Å². The van der Waals surface area contributed by atoms with Crippen molar-refractivity contribution in [2.75, 3.05) is 32.6 Å². The van der Waals surface area contributed by atoms with Gasteiger partial charge >= 0.3 is 0 Å². The molecule has 0 spiro atoms. The second kappa shape index (κ2) is 9.92. The van der Waals surface area contributed by atoms with E-state index in [4.69, 9.17) is 25.9 Å². The van der Waals surface area contributed by atoms with Gasteiger partial charge in [0.15, 0.2) is 0 Å². The van der Waals surface area contributed by atoms with Crippen molar-refractivity contribution in [1.29, 1.82) is 0 Å². The summed E-state index contributed by atoms with van der Waals surface area (Å²) in [6, 6.07) is 3.34. The lowest BCUT2D eigenvalue weighted by atomic mass is 10.0. The number of nitrogens with zero attached hydrogens (tertiary/aromatic N) is 4. The van der Waals surface area contributed by atoms with Gasteiger partial charge in [0.25, 0.3) is 5.91 Å². The molecule has 2 aromatic rings. The van der Waals surface area contributed by atoms with Crippen molar-refractivity contribution >= 4 is 34.8 Å². The Balaban J connectivity index is 1.43. The number of halogens is 1. The highest BCUT2D eigenvalue weighted by atomic mass is 35.5. The Hall–Kier alpha value is -3.27. The number of hydrogen-bond donors (Lipinski definition) is 1. The highest BCUT2D eigenvalue weighted by Crippen LogP contribution is 2.35. The Bertz CT molecular complexity index is 1140. The molecule has 1 fully saturated rings. The molecule has 1 aromatic heterocycles. The molecular formula is C23H28ClN5O5. The largest absolute Gasteiger partial charge is 0.496 e. The molecule has 2 aliphatic rings. The van der Waals surface area contributed by atoms with Gasteiger partial charge in [0.2, 0.25) is 12.0 Å². The Morgan fingerprint density at radius 1 is 1.18 bits per heavy atom. The van der Waals surface area contributed by atoms with E-state index < -0.39 is 6.10 Å². The van der Waals surface area contributed by atoms with Gasteiger partial charge in [-0.3, -0.25) is 14.3 Å². The van der Waals surface area contributed by atoms with Crippen molar-refractivity contribution in [3.8, 4) is 11.5 Å². The van der Waals surface area contributed by atoms with Crippen LogP contribution in [0.25, 0.3) is 0 Å². The fourth-order valence-electron chi connectivity index (χ4n) is 4.19. The highest BCUT2D eigenvalue weighted by molar-refractivity contribution is 6.32. The van der Waals surface area contributed by atoms with E-state index in [0.717, 1.165) is 25.9 Å². The van der Waals surface area contributed by atoms with Crippen molar-refractivity contribution in [3.05, 3.63) is 34.1 Å². The number of likely N-dealkylation sites (tertiary alicyclic amines) is 1. The third kappa shape index (κ3) is 4.68. The molecule has 1 N–H and O–H groups in total. The molecule has 1 aromatic carbocycles. The average molecular weight is 490 g/mol. The maximum Gasteiger partial charge on any atom is 0.268 e. The maximum atomic E-state index is 13.0. The number of hydrogen-bond acceptors (Lipinski definition) is 7. The first kappa shape index (κ1) is 23.9. The summed E-state index contributed by atoms with van der Waals surface area (Å²) < 4.78 is 12.3. The fraction of sp³-hybridized carbons (Fsp3) is 0.478. The molecule has 11 heteroatoms. The normalized spacial score (nSPS) is 17.4. The maximum absolute atomic E-state index is 13.0. The van der Waals surface area contributed by atoms with E-state index in [2.05, 4.69) is 15.6 Å². The number of rotatable bonds is 7. The molecule has 2 aliphatic heterocycles. The second-order valence-electron chi connectivity index (χ2n) is 8.30. The van der Waals surface area contributed by atoms with Crippen LogP contribution < -0.4 is 14.8 Å². The molecule has 182 valence electrons. The van der Waals surface area contributed by atoms with Crippen LogP contribution >= 0.6 is 11.6 Å². The Morgan fingerprint density at radius 3 is 2.56 bits per heavy atom. The van der Waals surface area contributed by atoms with Crippen LogP contribution in [-0.2, 0) is 21.0 Å². The molecule has 34 heavy (non-hydrogen) atoms. The minimum absolute atomic E-state index is 0.0326. The number of benzene rings is 1. The van der Waals surface area contributed by atoms with E-state index >= 15 is 0 Å². The molecule has 0 radical (unpaired) electrons. The zero-order valence-corrected chi connectivity index (χ0v) is 20.4. The molecule has 0 saturated carbocycles. The number of nitrogens with one attached hydrogen (secondary N) is 1. The molecule has 3 heterocycles. The van der Waals surface area contributed by atoms with Gasteiger partial charge in [-0.1, -0.05) is 16.8 Å². The van der Waals surface area contributed by atoms with Crippen LogP contribution in [0.5, 0.6) is 11.5 Å². The minimum atomic E-state index is -0.825. The molecule has 10 nitrogen and oxygen atoms in total. The van der Waals surface area contributed by atoms with E-state index in [-0.39, 0.29) is 24.8 Å². The second-order valence-corrected chi connectivity index (χ2v) is 8.71. The van der Waals surface area contributed by atoms with Gasteiger partial charge in [-0.05, 0) is 32.8 Å². The average Bonchev–Trinajstić information content (AvgIpc) is 3.57. The van der Waals surface area contributed by atoms with Crippen LogP contribution in [0.1, 0.15) is 36.2 Å². The quantitative estimate of drug-likeness (QED) is 0.640. The lowest BCUT2D eigenvalue weighted by Crippen LogP contribution is -2.31. The van der Waals surface area contributed by atoms with Gasteiger partial charge in [-0.25, -0.2) is 0 Å². The van der Waals surface area contributed by atoms with E-state index in [0.29, 0.717) is 44.9 Å². The van der Waals surface area contributed by atoms with Crippen LogP contribution in [0.15, 0.2) is 17.3 Å². The third-order valence-electron chi connectivity index (χ3n) is 6.12. The highest BCUT2D eigenvalue weighted by Gasteiger charge is 2.32. The summed E-state index contributed by atoms with van der Waals surface area (Å²) in [5.41, 5.74) is 3.08. The first-order chi connectivity index (χ1) is 16.3. The Morgan fingerprint density at radius 2 is 1.88 bits per heavy atom. The number of methoxy groups -OCH3 is 2. The van der Waals surface area contributed by atoms with Gasteiger partial charge in [0.05, 0.1) is 42.0 Å². The summed E-state index contributed by atoms with van der Waals surface area (Å²) in [6.45, 7) is 5.34. The monoisotopic (exact) mass is 489 g/mol. The lowest BCUT2D eigenvalue weighted by Gasteiger charge is -2.15. The van der Waals surface area contributed by atoms with Gasteiger partial charge in [-0.15, -0.1) is 0 Å². The number of amides is 2. The number of oxime groups is 1. The summed E-state index contributed by atoms with van der Waals surface area (Å²) in [5.74, 6) is 0.668. The predicted molar refractivity (Wildman–Crippen MR) is 127 cm³/mol. The molecule has 0 unspecified atom stereocenters. The van der Waals surface area contributed by atoms with E-state index in [1.165, 1.54) is 14.2 Å². The van der Waals surface area contributed by atoms with Crippen molar-refractivity contribution in [1.82, 2.24) is 14.7 Å². The minimum Gasteiger partial charge on any atom is -0.496 e. The molecular weight excluding hydrogens is 462 g/mol. The zero-order valence-electron chi connectivity index (χ0n) is 19.7. The molecule has 0 aliphatic carbocycles. The summed E-state index contributed by atoms with van der Waals surface area (Å²) in [6.07, 6.45) is 1.48. The Kier molecular flexibility index (Phi) is 6.97. The van der Waals surface area contributed by atoms with Crippen molar-refractivity contribution in [2.24, 2.45) is 5.16 Å². The number of carbonyl (C=O) groups is 2. The number of aryl methyl sites for hydroxylation is 1. The van der Waals surface area contributed by atoms with Crippen LogP contribution in [0.4, 0.5) is 5.69 Å². The topological polar surface area (TPSA) is 107 Å². The molecule has 4 rings (SSSR count). The summed E-state index contributed by atoms with van der Waals surface area (Å²) >= 11 is 6.27. The number of anilines is 1. The summed E-state index contributed by atoms with van der Waals surface area (Å²) in [4.78, 5) is 32.8. The van der Waals surface area contributed by atoms with E-state index in [1.54, 1.807) is 23.7 Å². The zero-order chi connectivity index (χ0) is 24.4. The van der Waals surface area contributed by atoms with Crippen molar-refractivity contribution in [2.45, 2.75) is 45.8 Å². The standard InChI is InChI=1S/C23H28ClN5O5/c1-13-22(14(2)29(26-13)12-21(30)28-7-5-6-8-28)25-23(31)20-10-17(27-34-20)15-9-16(24)19(33-4)11-18(15)32-3/h9,11,20H,5-8,10,12H2,1-4H3,(H,25,31)/t20-/m1/s1. The van der Waals surface area contributed by atoms with Gasteiger partial charge in [0.1, 0.15) is 18.0 Å². The number of aromatic nitrogens is 2. The van der Waals surface area contributed by atoms with Gasteiger partial charge < -0.3 is 24.5 Å². The van der Waals surface area contributed by atoms with E-state index in [1.807, 2.05) is 11.8 Å². The van der Waals surface area contributed by atoms with Crippen LogP contribution in [0.3, 0.4) is 0 Å². The molecule has 1 saturated heterocycles. The summed E-state index contributed by atoms with van der Waals surface area (Å²) in [5, 5.41) is 11.8. The van der Waals surface area contributed by atoms with Gasteiger partial charge in [-0.2, -0.15) is 5.10 Å². The van der Waals surface area contributed by atoms with Crippen LogP contribution in [0.2, 0.25) is 5.02 Å².